The first kappa shape index (κ1) is 9.55. The third-order valence-corrected chi connectivity index (χ3v) is 3.91. The lowest BCUT2D eigenvalue weighted by atomic mass is 9.83. The van der Waals surface area contributed by atoms with E-state index in [4.69, 9.17) is 8.92 Å². The van der Waals surface area contributed by atoms with Crippen molar-refractivity contribution in [3.05, 3.63) is 0 Å². The van der Waals surface area contributed by atoms with Crippen LogP contribution in [0.25, 0.3) is 0 Å². The van der Waals surface area contributed by atoms with Crippen molar-refractivity contribution in [1.29, 1.82) is 0 Å². The smallest absolute Gasteiger partial charge is 0.0916 e. The Morgan fingerprint density at radius 1 is 1.50 bits per heavy atom. The standard InChI is InChI=1S/C8H13IO2S/c9-12-11-5-7-1-3-8(4-2-7)6-10-8/h7H,1-6H2. The number of halogens is 1. The zero-order chi connectivity index (χ0) is 8.44. The number of ether oxygens (including phenoxy) is 1. The Kier molecular flexibility index (Phi) is 3.20. The van der Waals surface area contributed by atoms with E-state index in [9.17, 15) is 0 Å². The van der Waals surface area contributed by atoms with Gasteiger partial charge in [0.15, 0.2) is 0 Å². The van der Waals surface area contributed by atoms with E-state index in [1.165, 1.54) is 34.9 Å². The monoisotopic (exact) mass is 300 g/mol. The van der Waals surface area contributed by atoms with Crippen LogP contribution in [0.3, 0.4) is 0 Å². The molecule has 0 N–H and O–H groups in total. The topological polar surface area (TPSA) is 21.8 Å². The van der Waals surface area contributed by atoms with E-state index in [-0.39, 0.29) is 0 Å². The molecule has 0 radical (unpaired) electrons. The lowest BCUT2D eigenvalue weighted by Crippen LogP contribution is -2.23. The Morgan fingerprint density at radius 3 is 2.67 bits per heavy atom. The first-order valence-corrected chi connectivity index (χ1v) is 7.67. The van der Waals surface area contributed by atoms with E-state index in [1.807, 2.05) is 0 Å². The maximum atomic E-state index is 5.44. The fourth-order valence-corrected chi connectivity index (χ4v) is 2.57. The molecule has 0 aromatic rings. The van der Waals surface area contributed by atoms with E-state index in [2.05, 4.69) is 21.2 Å². The van der Waals surface area contributed by atoms with Gasteiger partial charge in [-0.2, -0.15) is 0 Å². The number of hydrogen-bond acceptors (Lipinski definition) is 3. The highest BCUT2D eigenvalue weighted by molar-refractivity contribution is 14.2. The molecule has 70 valence electrons. The molecule has 2 nitrogen and oxygen atoms in total. The van der Waals surface area contributed by atoms with Crippen molar-refractivity contribution in [3.63, 3.8) is 0 Å². The molecule has 2 fully saturated rings. The molecule has 4 heteroatoms. The molecule has 0 bridgehead atoms. The Bertz CT molecular complexity index is 151. The van der Waals surface area contributed by atoms with Gasteiger partial charge in [0, 0.05) is 21.2 Å². The van der Waals surface area contributed by atoms with E-state index >= 15 is 0 Å². The molecule has 1 spiro atoms. The minimum atomic E-state index is 0.341. The summed E-state index contributed by atoms with van der Waals surface area (Å²) in [7, 11) is 1.45. The summed E-state index contributed by atoms with van der Waals surface area (Å²) in [6.07, 6.45) is 5.09. The SMILES string of the molecule is ISOCC1CCC2(CC1)CO2. The zero-order valence-corrected chi connectivity index (χ0v) is 9.90. The van der Waals surface area contributed by atoms with Crippen molar-refractivity contribution in [3.8, 4) is 0 Å². The third kappa shape index (κ3) is 2.27. The minimum Gasteiger partial charge on any atom is -0.370 e. The summed E-state index contributed by atoms with van der Waals surface area (Å²) in [4.78, 5) is 0. The number of rotatable bonds is 3. The molecule has 1 aliphatic carbocycles. The van der Waals surface area contributed by atoms with Crippen LogP contribution in [0, 0.1) is 5.92 Å². The van der Waals surface area contributed by atoms with Crippen molar-refractivity contribution in [2.24, 2.45) is 5.92 Å². The summed E-state index contributed by atoms with van der Waals surface area (Å²) < 4.78 is 10.8. The van der Waals surface area contributed by atoms with Crippen molar-refractivity contribution in [1.82, 2.24) is 0 Å². The Balaban J connectivity index is 1.68. The highest BCUT2D eigenvalue weighted by Crippen LogP contribution is 2.43. The second kappa shape index (κ2) is 4.02. The van der Waals surface area contributed by atoms with Crippen molar-refractivity contribution < 1.29 is 8.92 Å². The summed E-state index contributed by atoms with van der Waals surface area (Å²) in [6.45, 7) is 1.94. The zero-order valence-electron chi connectivity index (χ0n) is 6.92. The normalized spacial score (nSPS) is 40.2. The predicted octanol–water partition coefficient (Wildman–Crippen LogP) is 2.96. The van der Waals surface area contributed by atoms with Crippen LogP contribution in [-0.2, 0) is 8.92 Å². The van der Waals surface area contributed by atoms with Gasteiger partial charge in [0.25, 0.3) is 0 Å². The van der Waals surface area contributed by atoms with E-state index < -0.39 is 0 Å². The van der Waals surface area contributed by atoms with Gasteiger partial charge in [-0.25, -0.2) is 0 Å². The molecule has 2 rings (SSSR count). The first-order valence-electron chi connectivity index (χ1n) is 4.39. The van der Waals surface area contributed by atoms with Crippen LogP contribution in [0.4, 0.5) is 0 Å². The molecule has 1 saturated carbocycles. The quantitative estimate of drug-likeness (QED) is 0.454. The summed E-state index contributed by atoms with van der Waals surface area (Å²) in [5.41, 5.74) is 0.341. The van der Waals surface area contributed by atoms with Crippen LogP contribution < -0.4 is 0 Å². The first-order chi connectivity index (χ1) is 5.85. The van der Waals surface area contributed by atoms with Gasteiger partial charge < -0.3 is 8.92 Å². The average Bonchev–Trinajstić information content (AvgIpc) is 2.85. The fraction of sp³-hybridized carbons (Fsp3) is 1.00. The maximum Gasteiger partial charge on any atom is 0.0916 e. The molecule has 1 saturated heterocycles. The second-order valence-electron chi connectivity index (χ2n) is 3.76. The fourth-order valence-electron chi connectivity index (χ4n) is 1.88. The van der Waals surface area contributed by atoms with Crippen molar-refractivity contribution >= 4 is 30.4 Å². The Morgan fingerprint density at radius 2 is 2.17 bits per heavy atom. The molecule has 1 aliphatic heterocycles. The van der Waals surface area contributed by atoms with Crippen LogP contribution in [0.5, 0.6) is 0 Å². The summed E-state index contributed by atoms with van der Waals surface area (Å²) in [5, 5.41) is 0. The van der Waals surface area contributed by atoms with Crippen LogP contribution in [0.2, 0.25) is 0 Å². The van der Waals surface area contributed by atoms with Gasteiger partial charge in [-0.3, -0.25) is 0 Å². The van der Waals surface area contributed by atoms with E-state index in [1.54, 1.807) is 0 Å². The van der Waals surface area contributed by atoms with Crippen LogP contribution in [-0.4, -0.2) is 18.8 Å². The molecule has 0 unspecified atom stereocenters. The summed E-state index contributed by atoms with van der Waals surface area (Å²) >= 11 is 2.17. The van der Waals surface area contributed by atoms with Gasteiger partial charge in [-0.05, 0) is 31.6 Å². The van der Waals surface area contributed by atoms with Gasteiger partial charge in [0.05, 0.1) is 28.0 Å². The minimum absolute atomic E-state index is 0.341. The van der Waals surface area contributed by atoms with Gasteiger partial charge >= 0.3 is 0 Å². The van der Waals surface area contributed by atoms with Crippen LogP contribution >= 0.6 is 30.4 Å². The highest BCUT2D eigenvalue weighted by Gasteiger charge is 2.46. The molecular formula is C8H13IO2S. The second-order valence-corrected chi connectivity index (χ2v) is 5.20. The van der Waals surface area contributed by atoms with Gasteiger partial charge in [0.1, 0.15) is 0 Å². The van der Waals surface area contributed by atoms with Gasteiger partial charge in [0.2, 0.25) is 0 Å². The number of epoxide rings is 1. The molecule has 0 aromatic heterocycles. The van der Waals surface area contributed by atoms with Crippen molar-refractivity contribution in [2.75, 3.05) is 13.2 Å². The van der Waals surface area contributed by atoms with E-state index in [0.717, 1.165) is 19.1 Å². The molecule has 12 heavy (non-hydrogen) atoms. The lowest BCUT2D eigenvalue weighted by molar-refractivity contribution is 0.165. The Labute approximate surface area is 89.6 Å². The largest absolute Gasteiger partial charge is 0.370 e. The Hall–Kier alpha value is 1.00. The van der Waals surface area contributed by atoms with Gasteiger partial charge in [-0.15, -0.1) is 0 Å². The molecule has 0 atom stereocenters. The molecule has 1 heterocycles. The number of hydrogen-bond donors (Lipinski definition) is 0. The van der Waals surface area contributed by atoms with Gasteiger partial charge in [-0.1, -0.05) is 0 Å². The lowest BCUT2D eigenvalue weighted by Gasteiger charge is -2.25. The summed E-state index contributed by atoms with van der Waals surface area (Å²) in [5.74, 6) is 0.780. The molecule has 2 aliphatic rings. The van der Waals surface area contributed by atoms with Crippen LogP contribution in [0.1, 0.15) is 25.7 Å². The summed E-state index contributed by atoms with van der Waals surface area (Å²) in [6, 6.07) is 0. The van der Waals surface area contributed by atoms with Crippen molar-refractivity contribution in [2.45, 2.75) is 31.3 Å². The third-order valence-electron chi connectivity index (χ3n) is 2.92. The van der Waals surface area contributed by atoms with Crippen LogP contribution in [0.15, 0.2) is 0 Å². The molecule has 0 aromatic carbocycles. The highest BCUT2D eigenvalue weighted by atomic mass is 127. The average molecular weight is 300 g/mol. The molecular weight excluding hydrogens is 287 g/mol. The maximum absolute atomic E-state index is 5.44. The van der Waals surface area contributed by atoms with E-state index in [0.29, 0.717) is 5.60 Å². The predicted molar refractivity (Wildman–Crippen MR) is 58.2 cm³/mol. The molecule has 0 amide bonds.